The van der Waals surface area contributed by atoms with Crippen LogP contribution in [0.5, 0.6) is 0 Å². The fourth-order valence-electron chi connectivity index (χ4n) is 6.62. The molecular formula is C24H29NO. The molecule has 4 saturated carbocycles. The predicted octanol–water partition coefficient (Wildman–Crippen LogP) is 5.28. The molecule has 1 atom stereocenters. The number of carbonyl (C=O) groups is 1. The Bertz CT molecular complexity index is 798. The van der Waals surface area contributed by atoms with E-state index in [0.717, 1.165) is 17.8 Å². The Labute approximate surface area is 156 Å². The topological polar surface area (TPSA) is 29.1 Å². The lowest BCUT2D eigenvalue weighted by atomic mass is 9.48. The van der Waals surface area contributed by atoms with Crippen molar-refractivity contribution < 1.29 is 4.79 Å². The van der Waals surface area contributed by atoms with Crippen molar-refractivity contribution in [1.29, 1.82) is 0 Å². The molecule has 136 valence electrons. The van der Waals surface area contributed by atoms with Gasteiger partial charge in [0.25, 0.3) is 0 Å². The van der Waals surface area contributed by atoms with Gasteiger partial charge in [0.1, 0.15) is 0 Å². The summed E-state index contributed by atoms with van der Waals surface area (Å²) in [6.07, 6.45) is 7.69. The third-order valence-corrected chi connectivity index (χ3v) is 7.49. The summed E-state index contributed by atoms with van der Waals surface area (Å²) in [7, 11) is 0. The first kappa shape index (κ1) is 16.5. The molecule has 4 aliphatic carbocycles. The summed E-state index contributed by atoms with van der Waals surface area (Å²) in [5, 5.41) is 6.12. The number of carbonyl (C=O) groups excluding carboxylic acids is 1. The van der Waals surface area contributed by atoms with Crippen LogP contribution in [0.3, 0.4) is 0 Å². The minimum Gasteiger partial charge on any atom is -0.303 e. The van der Waals surface area contributed by atoms with E-state index >= 15 is 0 Å². The molecule has 0 heterocycles. The first-order valence-electron chi connectivity index (χ1n) is 10.4. The Morgan fingerprint density at radius 3 is 2.31 bits per heavy atom. The highest BCUT2D eigenvalue weighted by Crippen LogP contribution is 2.60. The number of hydrogen-bond donors (Lipinski definition) is 1. The van der Waals surface area contributed by atoms with Gasteiger partial charge in [0.15, 0.2) is 5.78 Å². The molecule has 1 N–H and O–H groups in total. The molecule has 2 aromatic rings. The maximum absolute atomic E-state index is 13.2. The predicted molar refractivity (Wildman–Crippen MR) is 106 cm³/mol. The Morgan fingerprint density at radius 2 is 1.62 bits per heavy atom. The van der Waals surface area contributed by atoms with Gasteiger partial charge >= 0.3 is 0 Å². The second-order valence-corrected chi connectivity index (χ2v) is 9.29. The van der Waals surface area contributed by atoms with Crippen LogP contribution in [0.15, 0.2) is 42.5 Å². The third-order valence-electron chi connectivity index (χ3n) is 7.49. The second-order valence-electron chi connectivity index (χ2n) is 9.29. The van der Waals surface area contributed by atoms with Crippen LogP contribution in [-0.2, 0) is 4.79 Å². The fraction of sp³-hybridized carbons (Fsp3) is 0.542. The molecule has 0 aromatic heterocycles. The van der Waals surface area contributed by atoms with Gasteiger partial charge in [-0.3, -0.25) is 4.79 Å². The van der Waals surface area contributed by atoms with Gasteiger partial charge < -0.3 is 5.32 Å². The van der Waals surface area contributed by atoms with Crippen molar-refractivity contribution >= 4 is 16.6 Å². The van der Waals surface area contributed by atoms with E-state index in [-0.39, 0.29) is 11.5 Å². The molecule has 0 spiro atoms. The Morgan fingerprint density at radius 1 is 1.00 bits per heavy atom. The zero-order valence-corrected chi connectivity index (χ0v) is 15.7. The number of Topliss-reactive ketones (excluding diaryl/α,β-unsaturated/α-hetero) is 1. The number of ketones is 1. The first-order valence-corrected chi connectivity index (χ1v) is 10.4. The zero-order chi connectivity index (χ0) is 17.7. The van der Waals surface area contributed by atoms with Crippen LogP contribution in [-0.4, -0.2) is 12.3 Å². The largest absolute Gasteiger partial charge is 0.303 e. The highest BCUT2D eigenvalue weighted by Gasteiger charge is 2.53. The van der Waals surface area contributed by atoms with Crippen molar-refractivity contribution in [2.75, 3.05) is 6.54 Å². The molecule has 4 fully saturated rings. The molecule has 6 rings (SSSR count). The maximum Gasteiger partial charge on any atom is 0.152 e. The lowest BCUT2D eigenvalue weighted by Crippen LogP contribution is -2.52. The highest BCUT2D eigenvalue weighted by atomic mass is 16.1. The van der Waals surface area contributed by atoms with Crippen molar-refractivity contribution in [2.45, 2.75) is 51.5 Å². The lowest BCUT2D eigenvalue weighted by molar-refractivity contribution is -0.143. The van der Waals surface area contributed by atoms with Crippen molar-refractivity contribution in [3.63, 3.8) is 0 Å². The van der Waals surface area contributed by atoms with Crippen molar-refractivity contribution in [2.24, 2.45) is 23.2 Å². The molecule has 26 heavy (non-hydrogen) atoms. The van der Waals surface area contributed by atoms with Gasteiger partial charge in [0.2, 0.25) is 0 Å². The van der Waals surface area contributed by atoms with E-state index in [1.54, 1.807) is 0 Å². The fourth-order valence-corrected chi connectivity index (χ4v) is 6.62. The number of rotatable bonds is 5. The van der Waals surface area contributed by atoms with Crippen LogP contribution >= 0.6 is 0 Å². The van der Waals surface area contributed by atoms with Gasteiger partial charge in [-0.2, -0.15) is 0 Å². The monoisotopic (exact) mass is 347 g/mol. The minimum absolute atomic E-state index is 0.0141. The standard InChI is InChI=1S/C24H29NO/c1-16(21-8-4-6-20-5-2-3-7-22(20)21)25-15-23(26)24-12-17-9-18(13-24)11-19(10-17)14-24/h2-8,16-19,25H,9-15H2,1H3/t16-,17?,18?,19?,24?/m1/s1. The summed E-state index contributed by atoms with van der Waals surface area (Å²) in [6, 6.07) is 15.2. The minimum atomic E-state index is 0.0141. The van der Waals surface area contributed by atoms with Gasteiger partial charge in [-0.25, -0.2) is 0 Å². The molecule has 0 aliphatic heterocycles. The van der Waals surface area contributed by atoms with Crippen LogP contribution in [0.2, 0.25) is 0 Å². The molecule has 0 unspecified atom stereocenters. The molecule has 2 aromatic carbocycles. The van der Waals surface area contributed by atoms with Crippen LogP contribution in [0.1, 0.15) is 57.1 Å². The number of benzene rings is 2. The van der Waals surface area contributed by atoms with E-state index < -0.39 is 0 Å². The van der Waals surface area contributed by atoms with E-state index in [1.807, 2.05) is 0 Å². The second kappa shape index (κ2) is 6.20. The molecule has 0 saturated heterocycles. The number of hydrogen-bond acceptors (Lipinski definition) is 2. The van der Waals surface area contributed by atoms with Crippen LogP contribution in [0.25, 0.3) is 10.8 Å². The van der Waals surface area contributed by atoms with E-state index in [9.17, 15) is 4.79 Å². The average Bonchev–Trinajstić information content (AvgIpc) is 2.64. The molecule has 2 heteroatoms. The third kappa shape index (κ3) is 2.70. The van der Waals surface area contributed by atoms with E-state index in [0.29, 0.717) is 12.3 Å². The van der Waals surface area contributed by atoms with Gasteiger partial charge in [-0.15, -0.1) is 0 Å². The first-order chi connectivity index (χ1) is 12.6. The number of fused-ring (bicyclic) bond motifs is 1. The van der Waals surface area contributed by atoms with Crippen LogP contribution < -0.4 is 5.32 Å². The van der Waals surface area contributed by atoms with Crippen molar-refractivity contribution in [3.05, 3.63) is 48.0 Å². The molecule has 4 bridgehead atoms. The van der Waals surface area contributed by atoms with Crippen molar-refractivity contribution in [1.82, 2.24) is 5.32 Å². The zero-order valence-electron chi connectivity index (χ0n) is 15.7. The maximum atomic E-state index is 13.2. The summed E-state index contributed by atoms with van der Waals surface area (Å²) >= 11 is 0. The summed E-state index contributed by atoms with van der Waals surface area (Å²) < 4.78 is 0. The Kier molecular flexibility index (Phi) is 3.93. The molecular weight excluding hydrogens is 318 g/mol. The van der Waals surface area contributed by atoms with Crippen LogP contribution in [0.4, 0.5) is 0 Å². The van der Waals surface area contributed by atoms with E-state index in [2.05, 4.69) is 54.7 Å². The number of nitrogens with one attached hydrogen (secondary N) is 1. The van der Waals surface area contributed by atoms with Gasteiger partial charge in [-0.05, 0) is 79.5 Å². The molecule has 2 nitrogen and oxygen atoms in total. The SMILES string of the molecule is C[C@@H](NCC(=O)C12CC3CC(CC(C3)C1)C2)c1cccc2ccccc12. The van der Waals surface area contributed by atoms with Gasteiger partial charge in [0, 0.05) is 11.5 Å². The van der Waals surface area contributed by atoms with Gasteiger partial charge in [0.05, 0.1) is 6.54 Å². The van der Waals surface area contributed by atoms with Crippen molar-refractivity contribution in [3.8, 4) is 0 Å². The summed E-state index contributed by atoms with van der Waals surface area (Å²) in [4.78, 5) is 13.2. The van der Waals surface area contributed by atoms with Crippen LogP contribution in [0, 0.1) is 23.2 Å². The van der Waals surface area contributed by atoms with E-state index in [1.165, 1.54) is 54.9 Å². The summed E-state index contributed by atoms with van der Waals surface area (Å²) in [6.45, 7) is 2.71. The van der Waals surface area contributed by atoms with E-state index in [4.69, 9.17) is 0 Å². The molecule has 4 aliphatic rings. The normalized spacial score (nSPS) is 33.5. The quantitative estimate of drug-likeness (QED) is 0.797. The Hall–Kier alpha value is -1.67. The summed E-state index contributed by atoms with van der Waals surface area (Å²) in [5.74, 6) is 2.99. The summed E-state index contributed by atoms with van der Waals surface area (Å²) in [5.41, 5.74) is 1.31. The smallest absolute Gasteiger partial charge is 0.152 e. The highest BCUT2D eigenvalue weighted by molar-refractivity contribution is 5.88. The molecule has 0 amide bonds. The van der Waals surface area contributed by atoms with Gasteiger partial charge in [-0.1, -0.05) is 42.5 Å². The lowest BCUT2D eigenvalue weighted by Gasteiger charge is -2.56. The Balaban J connectivity index is 1.31. The molecule has 0 radical (unpaired) electrons. The average molecular weight is 348 g/mol.